The van der Waals surface area contributed by atoms with Gasteiger partial charge in [-0.2, -0.15) is 0 Å². The quantitative estimate of drug-likeness (QED) is 0.197. The molecule has 2 aromatic rings. The third kappa shape index (κ3) is 12.5. The number of carboxylic acids is 1. The fourth-order valence-electron chi connectivity index (χ4n) is 3.04. The van der Waals surface area contributed by atoms with Gasteiger partial charge in [-0.1, -0.05) is 23.5 Å². The molecule has 1 aromatic heterocycles. The van der Waals surface area contributed by atoms with Gasteiger partial charge in [0, 0.05) is 18.7 Å². The summed E-state index contributed by atoms with van der Waals surface area (Å²) in [4.78, 5) is 55.8. The number of carboxylic acid groups (broad SMARTS) is 1. The third-order valence-corrected chi connectivity index (χ3v) is 5.45. The predicted octanol–water partition coefficient (Wildman–Crippen LogP) is 5.21. The Hall–Kier alpha value is -4.26. The zero-order chi connectivity index (χ0) is 30.1. The average Bonchev–Trinajstić information content (AvgIpc) is 3.15. The summed E-state index contributed by atoms with van der Waals surface area (Å²) in [6.45, 7) is 11.6. The molecule has 40 heavy (non-hydrogen) atoms. The molecule has 1 aromatic carbocycles. The fraction of sp³-hybridized carbons (Fsp3) is 0.407. The highest BCUT2D eigenvalue weighted by molar-refractivity contribution is 7.16. The van der Waals surface area contributed by atoms with Crippen molar-refractivity contribution in [3.05, 3.63) is 46.5 Å². The first-order valence-electron chi connectivity index (χ1n) is 12.3. The van der Waals surface area contributed by atoms with Crippen molar-refractivity contribution in [1.29, 1.82) is 0 Å². The highest BCUT2D eigenvalue weighted by Gasteiger charge is 2.20. The van der Waals surface area contributed by atoms with E-state index in [1.807, 2.05) is 12.1 Å². The van der Waals surface area contributed by atoms with Crippen molar-refractivity contribution in [3.8, 4) is 0 Å². The minimum absolute atomic E-state index is 0.168. The van der Waals surface area contributed by atoms with Crippen LogP contribution in [0.15, 0.2) is 35.3 Å². The number of anilines is 2. The number of nitrogens with zero attached hydrogens (tertiary/aromatic N) is 2. The first-order chi connectivity index (χ1) is 18.5. The number of aliphatic carboxylic acids is 1. The summed E-state index contributed by atoms with van der Waals surface area (Å²) >= 11 is 1.19. The zero-order valence-electron chi connectivity index (χ0n) is 23.6. The summed E-state index contributed by atoms with van der Waals surface area (Å²) in [5, 5.41) is 17.3. The van der Waals surface area contributed by atoms with Gasteiger partial charge in [-0.05, 0) is 78.2 Å². The molecule has 0 aliphatic heterocycles. The number of aryl methyl sites for hydroxylation is 2. The molecular weight excluding hydrogens is 538 g/mol. The number of hydrogen-bond acceptors (Lipinski definition) is 8. The Morgan fingerprint density at radius 1 is 0.975 bits per heavy atom. The molecular formula is C27H35N5O7S. The van der Waals surface area contributed by atoms with Crippen molar-refractivity contribution in [2.45, 2.75) is 72.5 Å². The molecule has 216 valence electrons. The maximum Gasteiger partial charge on any atom is 0.437 e. The van der Waals surface area contributed by atoms with Crippen LogP contribution in [0.25, 0.3) is 6.08 Å². The van der Waals surface area contributed by atoms with Gasteiger partial charge in [-0.3, -0.25) is 10.1 Å². The van der Waals surface area contributed by atoms with E-state index in [2.05, 4.69) is 25.9 Å². The Balaban J connectivity index is 2.16. The molecule has 12 nitrogen and oxygen atoms in total. The lowest BCUT2D eigenvalue weighted by atomic mass is 10.1. The standard InChI is InChI=1S/C27H35N5O7S/c1-16(33)28-23-30-19(20(40-23)14-15-21(34)35)13-10-17-8-11-18(12-9-17)29-22(31-24(36)38-26(2,3)4)32-25(37)39-27(5,6)7/h8-9,11-12,14-15H,10,13H2,1-7H3,(H,34,35)(H,28,30,33)(H2,29,31,32,36,37)/b15-14+. The Morgan fingerprint density at radius 3 is 2.15 bits per heavy atom. The van der Waals surface area contributed by atoms with Crippen LogP contribution in [0.3, 0.4) is 0 Å². The number of ether oxygens (including phenoxy) is 2. The lowest BCUT2D eigenvalue weighted by Crippen LogP contribution is -2.40. The molecule has 4 N–H and O–H groups in total. The summed E-state index contributed by atoms with van der Waals surface area (Å²) < 4.78 is 10.5. The monoisotopic (exact) mass is 573 g/mol. The Morgan fingerprint density at radius 2 is 1.60 bits per heavy atom. The molecule has 0 aliphatic rings. The van der Waals surface area contributed by atoms with E-state index in [0.717, 1.165) is 11.6 Å². The molecule has 0 bridgehead atoms. The number of carbonyl (C=O) groups excluding carboxylic acids is 3. The maximum atomic E-state index is 12.3. The van der Waals surface area contributed by atoms with Gasteiger partial charge in [0.1, 0.15) is 11.2 Å². The molecule has 0 unspecified atom stereocenters. The van der Waals surface area contributed by atoms with Crippen molar-refractivity contribution in [1.82, 2.24) is 10.3 Å². The molecule has 13 heteroatoms. The van der Waals surface area contributed by atoms with E-state index < -0.39 is 29.4 Å². The van der Waals surface area contributed by atoms with Crippen LogP contribution in [0.4, 0.5) is 20.4 Å². The molecule has 0 saturated heterocycles. The zero-order valence-corrected chi connectivity index (χ0v) is 24.4. The molecule has 0 radical (unpaired) electrons. The minimum atomic E-state index is -1.08. The molecule has 0 fully saturated rings. The van der Waals surface area contributed by atoms with Crippen LogP contribution in [-0.4, -0.2) is 51.3 Å². The molecule has 0 spiro atoms. The van der Waals surface area contributed by atoms with Gasteiger partial charge in [0.15, 0.2) is 5.13 Å². The molecule has 2 rings (SSSR count). The molecule has 0 atom stereocenters. The highest BCUT2D eigenvalue weighted by atomic mass is 32.1. The number of carbonyl (C=O) groups is 4. The van der Waals surface area contributed by atoms with Crippen LogP contribution in [-0.2, 0) is 31.9 Å². The third-order valence-electron chi connectivity index (χ3n) is 4.47. The summed E-state index contributed by atoms with van der Waals surface area (Å²) in [5.74, 6) is -1.52. The van der Waals surface area contributed by atoms with E-state index in [-0.39, 0.29) is 11.9 Å². The second kappa shape index (κ2) is 13.7. The van der Waals surface area contributed by atoms with Crippen molar-refractivity contribution in [3.63, 3.8) is 0 Å². The van der Waals surface area contributed by atoms with Crippen molar-refractivity contribution in [2.24, 2.45) is 4.99 Å². The van der Waals surface area contributed by atoms with Crippen LogP contribution in [0.2, 0.25) is 0 Å². The minimum Gasteiger partial charge on any atom is -0.478 e. The second-order valence-electron chi connectivity index (χ2n) is 10.6. The molecule has 0 saturated carbocycles. The van der Waals surface area contributed by atoms with E-state index in [1.165, 1.54) is 24.3 Å². The van der Waals surface area contributed by atoms with Gasteiger partial charge in [-0.25, -0.2) is 19.4 Å². The van der Waals surface area contributed by atoms with E-state index in [4.69, 9.17) is 14.6 Å². The molecule has 1 heterocycles. The number of hydrogen-bond donors (Lipinski definition) is 4. The topological polar surface area (TPSA) is 168 Å². The number of amides is 3. The lowest BCUT2D eigenvalue weighted by molar-refractivity contribution is -0.131. The average molecular weight is 574 g/mol. The van der Waals surface area contributed by atoms with Crippen LogP contribution in [0, 0.1) is 0 Å². The van der Waals surface area contributed by atoms with E-state index >= 15 is 0 Å². The van der Waals surface area contributed by atoms with Crippen molar-refractivity contribution < 1.29 is 33.8 Å². The summed E-state index contributed by atoms with van der Waals surface area (Å²) in [7, 11) is 0. The Kier molecular flexibility index (Phi) is 10.9. The lowest BCUT2D eigenvalue weighted by Gasteiger charge is -2.21. The van der Waals surface area contributed by atoms with E-state index in [9.17, 15) is 19.2 Å². The van der Waals surface area contributed by atoms with E-state index in [1.54, 1.807) is 53.7 Å². The Labute approximate surface area is 236 Å². The maximum absolute atomic E-state index is 12.3. The number of nitrogens with one attached hydrogen (secondary N) is 3. The van der Waals surface area contributed by atoms with Crippen LogP contribution < -0.4 is 16.0 Å². The number of aliphatic imine (C=N–C) groups is 1. The smallest absolute Gasteiger partial charge is 0.437 e. The van der Waals surface area contributed by atoms with Crippen molar-refractivity contribution >= 4 is 58.3 Å². The van der Waals surface area contributed by atoms with Gasteiger partial charge in [0.05, 0.1) is 10.6 Å². The van der Waals surface area contributed by atoms with Gasteiger partial charge in [-0.15, -0.1) is 4.99 Å². The predicted molar refractivity (Wildman–Crippen MR) is 154 cm³/mol. The fourth-order valence-corrected chi connectivity index (χ4v) is 4.00. The Bertz CT molecular complexity index is 1290. The van der Waals surface area contributed by atoms with Crippen LogP contribution >= 0.6 is 11.3 Å². The first-order valence-corrected chi connectivity index (χ1v) is 13.2. The van der Waals surface area contributed by atoms with Crippen LogP contribution in [0.5, 0.6) is 0 Å². The number of benzene rings is 1. The normalized spacial score (nSPS) is 12.1. The van der Waals surface area contributed by atoms with Gasteiger partial charge in [0.25, 0.3) is 0 Å². The van der Waals surface area contributed by atoms with Crippen LogP contribution in [0.1, 0.15) is 64.6 Å². The van der Waals surface area contributed by atoms with E-state index in [0.29, 0.717) is 34.2 Å². The van der Waals surface area contributed by atoms with Gasteiger partial charge >= 0.3 is 18.2 Å². The number of rotatable bonds is 7. The molecule has 3 amide bonds. The second-order valence-corrected chi connectivity index (χ2v) is 11.6. The summed E-state index contributed by atoms with van der Waals surface area (Å²) in [5.41, 5.74) is 0.601. The first kappa shape index (κ1) is 32.0. The largest absolute Gasteiger partial charge is 0.478 e. The number of alkyl carbamates (subject to hydrolysis) is 1. The number of thiazole rings is 1. The molecule has 0 aliphatic carbocycles. The van der Waals surface area contributed by atoms with Gasteiger partial charge < -0.3 is 25.2 Å². The van der Waals surface area contributed by atoms with Crippen molar-refractivity contribution in [2.75, 3.05) is 10.6 Å². The summed E-state index contributed by atoms with van der Waals surface area (Å²) in [6, 6.07) is 7.17. The number of guanidine groups is 1. The summed E-state index contributed by atoms with van der Waals surface area (Å²) in [6.07, 6.45) is 1.86. The number of aromatic nitrogens is 1. The van der Waals surface area contributed by atoms with Gasteiger partial charge in [0.2, 0.25) is 11.9 Å². The highest BCUT2D eigenvalue weighted by Crippen LogP contribution is 2.26. The SMILES string of the molecule is CC(=O)Nc1nc(CCc2ccc(N/C(=N/C(=O)OC(C)(C)C)NC(=O)OC(C)(C)C)cc2)c(/C=C/C(=O)O)s1.